The number of hydrogen-bond donors (Lipinski definition) is 2. The first-order valence-corrected chi connectivity index (χ1v) is 8.67. The molecule has 1 aliphatic rings. The number of nitrogens with one attached hydrogen (secondary N) is 1. The van der Waals surface area contributed by atoms with Crippen molar-refractivity contribution in [1.29, 1.82) is 0 Å². The van der Waals surface area contributed by atoms with E-state index in [-0.39, 0.29) is 5.41 Å². The summed E-state index contributed by atoms with van der Waals surface area (Å²) in [5.74, 6) is 1.66. The number of aromatic amines is 1. The highest BCUT2D eigenvalue weighted by Crippen LogP contribution is 2.31. The summed E-state index contributed by atoms with van der Waals surface area (Å²) in [6.07, 6.45) is 2.20. The first kappa shape index (κ1) is 14.3. The minimum absolute atomic E-state index is 0.277. The Morgan fingerprint density at radius 1 is 1.50 bits per heavy atom. The van der Waals surface area contributed by atoms with Crippen LogP contribution < -0.4 is 10.6 Å². The van der Waals surface area contributed by atoms with Crippen LogP contribution in [0.1, 0.15) is 19.8 Å². The lowest BCUT2D eigenvalue weighted by Gasteiger charge is -2.38. The van der Waals surface area contributed by atoms with Crippen molar-refractivity contribution in [3.8, 4) is 11.4 Å². The van der Waals surface area contributed by atoms with Gasteiger partial charge in [0.15, 0.2) is 5.82 Å². The van der Waals surface area contributed by atoms with Crippen LogP contribution in [0, 0.1) is 8.30 Å². The topological polar surface area (TPSA) is 70.8 Å². The van der Waals surface area contributed by atoms with E-state index in [1.54, 1.807) is 11.3 Å². The fourth-order valence-electron chi connectivity index (χ4n) is 2.41. The largest absolute Gasteiger partial charge is 0.339 e. The highest BCUT2D eigenvalue weighted by atomic mass is 127. The molecule has 1 aliphatic heterocycles. The molecule has 0 atom stereocenters. The van der Waals surface area contributed by atoms with Crippen LogP contribution in [-0.2, 0) is 0 Å². The third-order valence-electron chi connectivity index (χ3n) is 4.06. The van der Waals surface area contributed by atoms with Gasteiger partial charge >= 0.3 is 0 Å². The molecule has 0 aromatic carbocycles. The molecular weight excluding hydrogens is 385 g/mol. The molecule has 5 nitrogen and oxygen atoms in total. The van der Waals surface area contributed by atoms with E-state index < -0.39 is 0 Å². The van der Waals surface area contributed by atoms with E-state index in [0.29, 0.717) is 0 Å². The Hall–Kier alpha value is -0.670. The Balaban J connectivity index is 1.72. The number of nitrogens with zero attached hydrogens (tertiary/aromatic N) is 3. The lowest BCUT2D eigenvalue weighted by atomic mass is 9.81. The van der Waals surface area contributed by atoms with E-state index in [4.69, 9.17) is 5.73 Å². The maximum Gasteiger partial charge on any atom is 0.245 e. The van der Waals surface area contributed by atoms with Crippen molar-refractivity contribution in [2.24, 2.45) is 11.1 Å². The first-order valence-electron chi connectivity index (χ1n) is 6.71. The SMILES string of the molecule is CC1(CN)CCN(c2n[nH]c(-c3csc(I)c3)n2)CC1. The summed E-state index contributed by atoms with van der Waals surface area (Å²) in [6, 6.07) is 2.12. The van der Waals surface area contributed by atoms with Gasteiger partial charge in [0.25, 0.3) is 0 Å². The molecule has 0 radical (unpaired) electrons. The van der Waals surface area contributed by atoms with Gasteiger partial charge in [0.05, 0.1) is 2.88 Å². The zero-order valence-electron chi connectivity index (χ0n) is 11.4. The van der Waals surface area contributed by atoms with Gasteiger partial charge in [0, 0.05) is 24.0 Å². The number of nitrogens with two attached hydrogens (primary N) is 1. The van der Waals surface area contributed by atoms with Crippen LogP contribution in [0.25, 0.3) is 11.4 Å². The molecule has 108 valence electrons. The van der Waals surface area contributed by atoms with Gasteiger partial charge in [-0.25, -0.2) is 0 Å². The van der Waals surface area contributed by atoms with Crippen LogP contribution in [0.15, 0.2) is 11.4 Å². The number of hydrogen-bond acceptors (Lipinski definition) is 5. The normalized spacial score (nSPS) is 18.4. The van der Waals surface area contributed by atoms with E-state index >= 15 is 0 Å². The molecule has 0 amide bonds. The second-order valence-electron chi connectivity index (χ2n) is 5.63. The molecule has 3 rings (SSSR count). The average Bonchev–Trinajstić information content (AvgIpc) is 3.08. The second kappa shape index (κ2) is 5.61. The average molecular weight is 403 g/mol. The zero-order valence-corrected chi connectivity index (χ0v) is 14.4. The van der Waals surface area contributed by atoms with Gasteiger partial charge in [-0.1, -0.05) is 6.92 Å². The Bertz CT molecular complexity index is 585. The molecule has 2 aromatic heterocycles. The smallest absolute Gasteiger partial charge is 0.245 e. The summed E-state index contributed by atoms with van der Waals surface area (Å²) < 4.78 is 1.26. The predicted octanol–water partition coefficient (Wildman–Crippen LogP) is 2.70. The highest BCUT2D eigenvalue weighted by Gasteiger charge is 2.30. The quantitative estimate of drug-likeness (QED) is 0.774. The molecule has 3 N–H and O–H groups in total. The van der Waals surface area contributed by atoms with Gasteiger partial charge in [-0.15, -0.1) is 16.4 Å². The zero-order chi connectivity index (χ0) is 14.2. The number of piperidine rings is 1. The van der Waals surface area contributed by atoms with Crippen LogP contribution >= 0.6 is 33.9 Å². The van der Waals surface area contributed by atoms with E-state index in [1.165, 1.54) is 2.88 Å². The molecule has 20 heavy (non-hydrogen) atoms. The summed E-state index contributed by atoms with van der Waals surface area (Å²) in [5.41, 5.74) is 7.24. The number of thiophene rings is 1. The molecule has 0 saturated carbocycles. The minimum Gasteiger partial charge on any atom is -0.339 e. The van der Waals surface area contributed by atoms with Crippen molar-refractivity contribution in [2.75, 3.05) is 24.5 Å². The van der Waals surface area contributed by atoms with Crippen molar-refractivity contribution >= 4 is 39.9 Å². The maximum atomic E-state index is 5.85. The van der Waals surface area contributed by atoms with Crippen molar-refractivity contribution in [1.82, 2.24) is 15.2 Å². The molecule has 0 aliphatic carbocycles. The number of H-pyrrole nitrogens is 1. The Labute approximate surface area is 136 Å². The Kier molecular flexibility index (Phi) is 4.00. The monoisotopic (exact) mass is 403 g/mol. The van der Waals surface area contributed by atoms with Gasteiger partial charge in [-0.05, 0) is 53.5 Å². The Morgan fingerprint density at radius 3 is 2.85 bits per heavy atom. The van der Waals surface area contributed by atoms with Gasteiger partial charge in [-0.2, -0.15) is 4.98 Å². The van der Waals surface area contributed by atoms with Crippen LogP contribution in [0.3, 0.4) is 0 Å². The number of halogens is 1. The van der Waals surface area contributed by atoms with Crippen LogP contribution in [0.4, 0.5) is 5.95 Å². The van der Waals surface area contributed by atoms with Gasteiger partial charge in [0.1, 0.15) is 0 Å². The summed E-state index contributed by atoms with van der Waals surface area (Å²) in [6.45, 7) is 4.98. The predicted molar refractivity (Wildman–Crippen MR) is 91.0 cm³/mol. The molecule has 1 saturated heterocycles. The number of rotatable bonds is 3. The summed E-state index contributed by atoms with van der Waals surface area (Å²) in [7, 11) is 0. The molecule has 1 fully saturated rings. The van der Waals surface area contributed by atoms with Crippen LogP contribution in [0.2, 0.25) is 0 Å². The van der Waals surface area contributed by atoms with Crippen molar-refractivity contribution in [3.05, 3.63) is 14.3 Å². The summed E-state index contributed by atoms with van der Waals surface area (Å²) >= 11 is 4.04. The molecule has 0 bridgehead atoms. The molecular formula is C13H18IN5S. The number of aromatic nitrogens is 3. The van der Waals surface area contributed by atoms with E-state index in [9.17, 15) is 0 Å². The lowest BCUT2D eigenvalue weighted by Crippen LogP contribution is -2.42. The van der Waals surface area contributed by atoms with Gasteiger partial charge in [0.2, 0.25) is 5.95 Å². The highest BCUT2D eigenvalue weighted by molar-refractivity contribution is 14.1. The van der Waals surface area contributed by atoms with Crippen molar-refractivity contribution in [2.45, 2.75) is 19.8 Å². The van der Waals surface area contributed by atoms with E-state index in [1.807, 2.05) is 0 Å². The van der Waals surface area contributed by atoms with Gasteiger partial charge in [-0.3, -0.25) is 5.10 Å². The Morgan fingerprint density at radius 2 is 2.25 bits per heavy atom. The minimum atomic E-state index is 0.277. The third-order valence-corrected chi connectivity index (χ3v) is 5.85. The van der Waals surface area contributed by atoms with E-state index in [0.717, 1.165) is 49.8 Å². The summed E-state index contributed by atoms with van der Waals surface area (Å²) in [5, 5.41) is 9.51. The molecule has 0 spiro atoms. The molecule has 7 heteroatoms. The third kappa shape index (κ3) is 2.84. The van der Waals surface area contributed by atoms with Crippen LogP contribution in [-0.4, -0.2) is 34.8 Å². The van der Waals surface area contributed by atoms with E-state index in [2.05, 4.69) is 61.0 Å². The second-order valence-corrected chi connectivity index (χ2v) is 8.43. The number of anilines is 1. The lowest BCUT2D eigenvalue weighted by molar-refractivity contribution is 0.257. The van der Waals surface area contributed by atoms with Crippen molar-refractivity contribution < 1.29 is 0 Å². The molecule has 2 aromatic rings. The fourth-order valence-corrected chi connectivity index (χ4v) is 3.74. The summed E-state index contributed by atoms with van der Waals surface area (Å²) in [4.78, 5) is 6.87. The van der Waals surface area contributed by atoms with Gasteiger partial charge < -0.3 is 10.6 Å². The fraction of sp³-hybridized carbons (Fsp3) is 0.538. The van der Waals surface area contributed by atoms with Crippen LogP contribution in [0.5, 0.6) is 0 Å². The van der Waals surface area contributed by atoms with Crippen molar-refractivity contribution in [3.63, 3.8) is 0 Å². The maximum absolute atomic E-state index is 5.85. The molecule has 3 heterocycles. The standard InChI is InChI=1S/C13H18IN5S/c1-13(8-15)2-4-19(5-3-13)12-16-11(17-18-12)9-6-10(14)20-7-9/h6-7H,2-5,8,15H2,1H3,(H,16,17,18). The first-order chi connectivity index (χ1) is 9.59. The molecule has 0 unspecified atom stereocenters.